The number of hydrogen-bond donors (Lipinski definition) is 1. The van der Waals surface area contributed by atoms with Gasteiger partial charge in [-0.2, -0.15) is 0 Å². The summed E-state index contributed by atoms with van der Waals surface area (Å²) in [5, 5.41) is 2.81. The van der Waals surface area contributed by atoms with E-state index in [-0.39, 0.29) is 18.4 Å². The number of carbonyl (C=O) groups is 2. The molecule has 0 saturated carbocycles. The van der Waals surface area contributed by atoms with E-state index in [0.29, 0.717) is 30.8 Å². The van der Waals surface area contributed by atoms with Gasteiger partial charge in [-0.1, -0.05) is 12.1 Å². The van der Waals surface area contributed by atoms with Crippen LogP contribution in [-0.2, 0) is 14.3 Å². The van der Waals surface area contributed by atoms with Gasteiger partial charge in [0.05, 0.1) is 26.5 Å². The smallest absolute Gasteiger partial charge is 0.305 e. The first-order chi connectivity index (χ1) is 10.1. The van der Waals surface area contributed by atoms with Crippen LogP contribution < -0.4 is 10.1 Å². The first kappa shape index (κ1) is 17.0. The first-order valence-electron chi connectivity index (χ1n) is 6.75. The van der Waals surface area contributed by atoms with Gasteiger partial charge in [0.1, 0.15) is 5.75 Å². The first-order valence-corrected chi connectivity index (χ1v) is 6.75. The summed E-state index contributed by atoms with van der Waals surface area (Å²) >= 11 is 0. The third kappa shape index (κ3) is 6.27. The highest BCUT2D eigenvalue weighted by Gasteiger charge is 2.10. The van der Waals surface area contributed by atoms with E-state index < -0.39 is 0 Å². The second-order valence-electron chi connectivity index (χ2n) is 4.67. The number of rotatable bonds is 8. The van der Waals surface area contributed by atoms with Crippen LogP contribution in [0.25, 0.3) is 0 Å². The van der Waals surface area contributed by atoms with Crippen molar-refractivity contribution in [2.24, 2.45) is 0 Å². The minimum atomic E-state index is -0.234. The molecule has 1 N–H and O–H groups in total. The van der Waals surface area contributed by atoms with Gasteiger partial charge in [0.15, 0.2) is 0 Å². The summed E-state index contributed by atoms with van der Waals surface area (Å²) in [4.78, 5) is 24.8. The van der Waals surface area contributed by atoms with Crippen molar-refractivity contribution < 1.29 is 19.1 Å². The number of likely N-dealkylation sites (N-methyl/N-ethyl adjacent to an activating group) is 1. The van der Waals surface area contributed by atoms with Gasteiger partial charge < -0.3 is 14.8 Å². The fourth-order valence-electron chi connectivity index (χ4n) is 1.86. The number of benzene rings is 1. The number of amides is 1. The van der Waals surface area contributed by atoms with Gasteiger partial charge in [0.25, 0.3) is 0 Å². The topological polar surface area (TPSA) is 67.9 Å². The predicted molar refractivity (Wildman–Crippen MR) is 80.4 cm³/mol. The van der Waals surface area contributed by atoms with Gasteiger partial charge >= 0.3 is 5.97 Å². The minimum Gasteiger partial charge on any atom is -0.495 e. The molecule has 0 aliphatic carbocycles. The average molecular weight is 294 g/mol. The summed E-state index contributed by atoms with van der Waals surface area (Å²) in [5.74, 6) is 0.265. The Hall–Kier alpha value is -2.08. The maximum Gasteiger partial charge on any atom is 0.305 e. The molecule has 1 aromatic carbocycles. The molecule has 0 aromatic heterocycles. The molecule has 6 nitrogen and oxygen atoms in total. The van der Waals surface area contributed by atoms with Crippen molar-refractivity contribution in [3.63, 3.8) is 0 Å². The van der Waals surface area contributed by atoms with Crippen molar-refractivity contribution in [1.29, 1.82) is 0 Å². The Morgan fingerprint density at radius 2 is 1.95 bits per heavy atom. The van der Waals surface area contributed by atoms with E-state index >= 15 is 0 Å². The molecule has 0 unspecified atom stereocenters. The van der Waals surface area contributed by atoms with Crippen LogP contribution in [0.1, 0.15) is 12.8 Å². The van der Waals surface area contributed by atoms with E-state index in [0.717, 1.165) is 0 Å². The number of carbonyl (C=O) groups excluding carboxylic acids is 2. The van der Waals surface area contributed by atoms with Crippen LogP contribution in [0, 0.1) is 0 Å². The quantitative estimate of drug-likeness (QED) is 0.736. The van der Waals surface area contributed by atoms with Gasteiger partial charge in [-0.3, -0.25) is 14.5 Å². The second kappa shape index (κ2) is 8.97. The zero-order chi connectivity index (χ0) is 15.7. The molecule has 6 heteroatoms. The zero-order valence-electron chi connectivity index (χ0n) is 12.7. The van der Waals surface area contributed by atoms with Crippen molar-refractivity contribution in [3.8, 4) is 5.75 Å². The van der Waals surface area contributed by atoms with Crippen LogP contribution in [0.5, 0.6) is 5.75 Å². The Labute approximate surface area is 125 Å². The highest BCUT2D eigenvalue weighted by atomic mass is 16.5. The highest BCUT2D eigenvalue weighted by molar-refractivity contribution is 5.93. The van der Waals surface area contributed by atoms with Crippen LogP contribution in [-0.4, -0.2) is 51.1 Å². The number of hydrogen-bond acceptors (Lipinski definition) is 5. The molecule has 0 radical (unpaired) electrons. The van der Waals surface area contributed by atoms with E-state index in [9.17, 15) is 9.59 Å². The lowest BCUT2D eigenvalue weighted by atomic mass is 10.3. The maximum atomic E-state index is 11.9. The van der Waals surface area contributed by atoms with Gasteiger partial charge in [-0.05, 0) is 32.1 Å². The number of anilines is 1. The largest absolute Gasteiger partial charge is 0.495 e. The summed E-state index contributed by atoms with van der Waals surface area (Å²) in [6.45, 7) is 0.896. The van der Waals surface area contributed by atoms with E-state index in [1.165, 1.54) is 7.11 Å². The van der Waals surface area contributed by atoms with Gasteiger partial charge in [0.2, 0.25) is 5.91 Å². The lowest BCUT2D eigenvalue weighted by molar-refractivity contribution is -0.140. The van der Waals surface area contributed by atoms with Crippen molar-refractivity contribution in [1.82, 2.24) is 4.90 Å². The summed E-state index contributed by atoms with van der Waals surface area (Å²) < 4.78 is 9.74. The Balaban J connectivity index is 2.37. The van der Waals surface area contributed by atoms with Crippen molar-refractivity contribution in [2.45, 2.75) is 12.8 Å². The molecule has 1 aromatic rings. The third-order valence-electron chi connectivity index (χ3n) is 2.94. The predicted octanol–water partition coefficient (Wildman–Crippen LogP) is 1.52. The van der Waals surface area contributed by atoms with Gasteiger partial charge in [-0.25, -0.2) is 0 Å². The SMILES string of the molecule is COC(=O)CCCN(C)CC(=O)Nc1ccccc1OC. The minimum absolute atomic E-state index is 0.125. The normalized spacial score (nSPS) is 10.3. The fraction of sp³-hybridized carbons (Fsp3) is 0.467. The summed E-state index contributed by atoms with van der Waals surface area (Å²) in [6, 6.07) is 7.25. The molecular formula is C15H22N2O4. The summed E-state index contributed by atoms with van der Waals surface area (Å²) in [6.07, 6.45) is 1.01. The molecule has 0 heterocycles. The van der Waals surface area contributed by atoms with Crippen LogP contribution in [0.4, 0.5) is 5.69 Å². The number of esters is 1. The molecule has 0 aliphatic rings. The molecule has 21 heavy (non-hydrogen) atoms. The highest BCUT2D eigenvalue weighted by Crippen LogP contribution is 2.22. The maximum absolute atomic E-state index is 11.9. The van der Waals surface area contributed by atoms with Crippen LogP contribution in [0.15, 0.2) is 24.3 Å². The molecule has 0 saturated heterocycles. The van der Waals surface area contributed by atoms with Gasteiger partial charge in [-0.15, -0.1) is 0 Å². The lowest BCUT2D eigenvalue weighted by Gasteiger charge is -2.16. The third-order valence-corrected chi connectivity index (χ3v) is 2.94. The number of nitrogens with one attached hydrogen (secondary N) is 1. The van der Waals surface area contributed by atoms with Crippen LogP contribution in [0.2, 0.25) is 0 Å². The van der Waals surface area contributed by atoms with E-state index in [4.69, 9.17) is 4.74 Å². The van der Waals surface area contributed by atoms with Crippen LogP contribution in [0.3, 0.4) is 0 Å². The monoisotopic (exact) mass is 294 g/mol. The number of nitrogens with zero attached hydrogens (tertiary/aromatic N) is 1. The van der Waals surface area contributed by atoms with E-state index in [1.54, 1.807) is 19.2 Å². The van der Waals surface area contributed by atoms with Crippen molar-refractivity contribution >= 4 is 17.6 Å². The number of ether oxygens (including phenoxy) is 2. The molecule has 0 aliphatic heterocycles. The van der Waals surface area contributed by atoms with Crippen molar-refractivity contribution in [2.75, 3.05) is 39.7 Å². The molecular weight excluding hydrogens is 272 g/mol. The molecule has 116 valence electrons. The standard InChI is InChI=1S/C15H22N2O4/c1-17(10-6-9-15(19)21-3)11-14(18)16-12-7-4-5-8-13(12)20-2/h4-5,7-8H,6,9-11H2,1-3H3,(H,16,18). The van der Waals surface area contributed by atoms with Gasteiger partial charge in [0, 0.05) is 6.42 Å². The Morgan fingerprint density at radius 3 is 2.62 bits per heavy atom. The molecule has 0 bridgehead atoms. The van der Waals surface area contributed by atoms with E-state index in [2.05, 4.69) is 10.1 Å². The molecule has 0 atom stereocenters. The summed E-state index contributed by atoms with van der Waals surface area (Å²) in [5.41, 5.74) is 0.646. The average Bonchev–Trinajstić information content (AvgIpc) is 2.47. The molecule has 1 rings (SSSR count). The molecule has 0 fully saturated rings. The molecule has 0 spiro atoms. The van der Waals surface area contributed by atoms with E-state index in [1.807, 2.05) is 24.1 Å². The lowest BCUT2D eigenvalue weighted by Crippen LogP contribution is -2.31. The fourth-order valence-corrected chi connectivity index (χ4v) is 1.86. The number of methoxy groups -OCH3 is 2. The molecule has 1 amide bonds. The Bertz CT molecular complexity index is 476. The number of para-hydroxylation sites is 2. The second-order valence-corrected chi connectivity index (χ2v) is 4.67. The summed E-state index contributed by atoms with van der Waals surface area (Å²) in [7, 11) is 4.76. The zero-order valence-corrected chi connectivity index (χ0v) is 12.7. The Kier molecular flexibility index (Phi) is 7.25. The van der Waals surface area contributed by atoms with Crippen LogP contribution >= 0.6 is 0 Å². The van der Waals surface area contributed by atoms with Crippen molar-refractivity contribution in [3.05, 3.63) is 24.3 Å². The Morgan fingerprint density at radius 1 is 1.24 bits per heavy atom.